The van der Waals surface area contributed by atoms with Crippen LogP contribution in [-0.4, -0.2) is 21.6 Å². The number of halogens is 1. The molecule has 8 nitrogen and oxygen atoms in total. The monoisotopic (exact) mass is 486 g/mol. The molecule has 0 saturated carbocycles. The fourth-order valence-electron chi connectivity index (χ4n) is 3.96. The number of pyridine rings is 1. The van der Waals surface area contributed by atoms with Crippen LogP contribution >= 0.6 is 11.6 Å². The van der Waals surface area contributed by atoms with Gasteiger partial charge in [-0.3, -0.25) is 9.55 Å². The van der Waals surface area contributed by atoms with E-state index in [4.69, 9.17) is 25.8 Å². The predicted molar refractivity (Wildman–Crippen MR) is 129 cm³/mol. The number of hydrogen-bond donors (Lipinski definition) is 0. The van der Waals surface area contributed by atoms with Gasteiger partial charge in [0.05, 0.1) is 29.6 Å². The Bertz CT molecular complexity index is 1530. The average molecular weight is 487 g/mol. The SMILES string of the molecule is COc1ccc2c(c1)CCn1c-2cc(OCc2ccc(Oc3cncc(Cl)c3)c(C#N)c2)nc1=O. The summed E-state index contributed by atoms with van der Waals surface area (Å²) in [7, 11) is 1.63. The van der Waals surface area contributed by atoms with Crippen LogP contribution in [0.5, 0.6) is 23.1 Å². The van der Waals surface area contributed by atoms with Crippen LogP contribution in [0, 0.1) is 11.3 Å². The Balaban J connectivity index is 1.37. The van der Waals surface area contributed by atoms with Crippen molar-refractivity contribution in [2.45, 2.75) is 19.6 Å². The lowest BCUT2D eigenvalue weighted by Crippen LogP contribution is -2.28. The van der Waals surface area contributed by atoms with Gasteiger partial charge in [-0.1, -0.05) is 17.7 Å². The summed E-state index contributed by atoms with van der Waals surface area (Å²) in [6.07, 6.45) is 3.73. The number of methoxy groups -OCH3 is 1. The summed E-state index contributed by atoms with van der Waals surface area (Å²) in [6, 6.07) is 16.4. The molecular weight excluding hydrogens is 468 g/mol. The van der Waals surface area contributed by atoms with E-state index in [9.17, 15) is 10.1 Å². The second kappa shape index (κ2) is 9.49. The number of hydrogen-bond acceptors (Lipinski definition) is 7. The van der Waals surface area contributed by atoms with Crippen molar-refractivity contribution < 1.29 is 14.2 Å². The Morgan fingerprint density at radius 2 is 2.00 bits per heavy atom. The number of rotatable bonds is 6. The maximum atomic E-state index is 12.6. The third kappa shape index (κ3) is 4.67. The van der Waals surface area contributed by atoms with Crippen molar-refractivity contribution in [3.63, 3.8) is 0 Å². The minimum atomic E-state index is -0.365. The first kappa shape index (κ1) is 22.4. The molecule has 0 saturated heterocycles. The smallest absolute Gasteiger partial charge is 0.351 e. The van der Waals surface area contributed by atoms with Gasteiger partial charge >= 0.3 is 5.69 Å². The van der Waals surface area contributed by atoms with E-state index in [1.54, 1.807) is 42.0 Å². The molecule has 174 valence electrons. The lowest BCUT2D eigenvalue weighted by atomic mass is 9.97. The third-order valence-corrected chi connectivity index (χ3v) is 5.85. The zero-order chi connectivity index (χ0) is 24.4. The molecule has 1 aliphatic rings. The number of benzene rings is 2. The van der Waals surface area contributed by atoms with Gasteiger partial charge in [-0.2, -0.15) is 10.2 Å². The maximum absolute atomic E-state index is 12.6. The topological polar surface area (TPSA) is 99.3 Å². The number of ether oxygens (including phenoxy) is 3. The molecule has 9 heteroatoms. The van der Waals surface area contributed by atoms with Gasteiger partial charge in [-0.05, 0) is 47.9 Å². The van der Waals surface area contributed by atoms with Gasteiger partial charge in [0.25, 0.3) is 0 Å². The van der Waals surface area contributed by atoms with Crippen molar-refractivity contribution in [1.82, 2.24) is 14.5 Å². The third-order valence-electron chi connectivity index (χ3n) is 5.64. The van der Waals surface area contributed by atoms with Crippen LogP contribution in [0.4, 0.5) is 0 Å². The summed E-state index contributed by atoms with van der Waals surface area (Å²) in [5, 5.41) is 10.0. The molecule has 0 bridgehead atoms. The molecule has 0 unspecified atom stereocenters. The van der Waals surface area contributed by atoms with Crippen molar-refractivity contribution in [2.75, 3.05) is 7.11 Å². The zero-order valence-corrected chi connectivity index (χ0v) is 19.5. The van der Waals surface area contributed by atoms with Crippen LogP contribution in [0.15, 0.2) is 65.7 Å². The van der Waals surface area contributed by atoms with Gasteiger partial charge in [0, 0.05) is 30.4 Å². The molecule has 1 aliphatic heterocycles. The summed E-state index contributed by atoms with van der Waals surface area (Å²) in [6.45, 7) is 0.662. The fraction of sp³-hybridized carbons (Fsp3) is 0.154. The Hall–Kier alpha value is -4.35. The molecule has 35 heavy (non-hydrogen) atoms. The number of aromatic nitrogens is 3. The van der Waals surface area contributed by atoms with Crippen molar-refractivity contribution >= 4 is 11.6 Å². The Labute approximate surface area is 205 Å². The van der Waals surface area contributed by atoms with Crippen LogP contribution < -0.4 is 19.9 Å². The first-order valence-electron chi connectivity index (χ1n) is 10.8. The van der Waals surface area contributed by atoms with E-state index < -0.39 is 0 Å². The van der Waals surface area contributed by atoms with Crippen molar-refractivity contribution in [3.05, 3.63) is 93.1 Å². The lowest BCUT2D eigenvalue weighted by Gasteiger charge is -2.22. The Kier molecular flexibility index (Phi) is 6.08. The molecule has 0 radical (unpaired) electrons. The first-order chi connectivity index (χ1) is 17.0. The highest BCUT2D eigenvalue weighted by molar-refractivity contribution is 6.30. The van der Waals surface area contributed by atoms with Gasteiger partial charge in [-0.25, -0.2) is 4.79 Å². The maximum Gasteiger partial charge on any atom is 0.351 e. The highest BCUT2D eigenvalue weighted by Crippen LogP contribution is 2.32. The van der Waals surface area contributed by atoms with E-state index in [1.807, 2.05) is 18.2 Å². The van der Waals surface area contributed by atoms with Gasteiger partial charge in [0.2, 0.25) is 5.88 Å². The lowest BCUT2D eigenvalue weighted by molar-refractivity contribution is 0.291. The number of nitrogens with zero attached hydrogens (tertiary/aromatic N) is 4. The van der Waals surface area contributed by atoms with Crippen molar-refractivity contribution in [1.29, 1.82) is 5.26 Å². The molecule has 4 aromatic rings. The van der Waals surface area contributed by atoms with Crippen LogP contribution in [-0.2, 0) is 19.6 Å². The summed E-state index contributed by atoms with van der Waals surface area (Å²) in [5.41, 5.74) is 3.49. The van der Waals surface area contributed by atoms with Gasteiger partial charge < -0.3 is 14.2 Å². The van der Waals surface area contributed by atoms with Crippen LogP contribution in [0.3, 0.4) is 0 Å². The van der Waals surface area contributed by atoms with Crippen LogP contribution in [0.25, 0.3) is 11.3 Å². The van der Waals surface area contributed by atoms with E-state index in [-0.39, 0.29) is 18.2 Å². The van der Waals surface area contributed by atoms with Gasteiger partial charge in [0.1, 0.15) is 29.9 Å². The van der Waals surface area contributed by atoms with Crippen LogP contribution in [0.2, 0.25) is 5.02 Å². The normalized spacial score (nSPS) is 11.7. The second-order valence-corrected chi connectivity index (χ2v) is 8.30. The molecule has 0 fully saturated rings. The van der Waals surface area contributed by atoms with Gasteiger partial charge in [-0.15, -0.1) is 0 Å². The minimum Gasteiger partial charge on any atom is -0.497 e. The molecule has 0 N–H and O–H groups in total. The van der Waals surface area contributed by atoms with E-state index in [1.165, 1.54) is 12.4 Å². The first-order valence-corrected chi connectivity index (χ1v) is 11.2. The highest BCUT2D eigenvalue weighted by atomic mass is 35.5. The molecular formula is C26H19ClN4O4. The van der Waals surface area contributed by atoms with E-state index >= 15 is 0 Å². The van der Waals surface area contributed by atoms with Crippen molar-refractivity contribution in [2.24, 2.45) is 0 Å². The molecule has 0 aliphatic carbocycles. The highest BCUT2D eigenvalue weighted by Gasteiger charge is 2.20. The molecule has 2 aromatic carbocycles. The molecule has 5 rings (SSSR count). The summed E-state index contributed by atoms with van der Waals surface area (Å²) in [4.78, 5) is 20.7. The Morgan fingerprint density at radius 1 is 1.11 bits per heavy atom. The molecule has 0 amide bonds. The summed E-state index contributed by atoms with van der Waals surface area (Å²) in [5.74, 6) is 1.79. The quantitative estimate of drug-likeness (QED) is 0.387. The standard InChI is InChI=1S/C26H19ClN4O4/c1-33-20-3-4-22-17(9-20)6-7-31-23(22)11-25(30-26(31)32)34-15-16-2-5-24(18(8-16)12-28)35-21-10-19(27)13-29-14-21/h2-5,8-11,13-14H,6-7,15H2,1H3. The molecule has 2 aromatic heterocycles. The molecule has 3 heterocycles. The molecule has 0 spiro atoms. The second-order valence-electron chi connectivity index (χ2n) is 7.86. The average Bonchev–Trinajstić information content (AvgIpc) is 2.87. The summed E-state index contributed by atoms with van der Waals surface area (Å²) < 4.78 is 18.6. The van der Waals surface area contributed by atoms with Crippen molar-refractivity contribution in [3.8, 4) is 40.5 Å². The number of aryl methyl sites for hydroxylation is 1. The zero-order valence-electron chi connectivity index (χ0n) is 18.7. The minimum absolute atomic E-state index is 0.124. The van der Waals surface area contributed by atoms with E-state index in [2.05, 4.69) is 16.0 Å². The Morgan fingerprint density at radius 3 is 2.80 bits per heavy atom. The molecule has 0 atom stereocenters. The van der Waals surface area contributed by atoms with E-state index in [0.29, 0.717) is 28.6 Å². The largest absolute Gasteiger partial charge is 0.497 e. The fourth-order valence-corrected chi connectivity index (χ4v) is 4.12. The van der Waals surface area contributed by atoms with Crippen LogP contribution in [0.1, 0.15) is 16.7 Å². The summed E-state index contributed by atoms with van der Waals surface area (Å²) >= 11 is 5.95. The van der Waals surface area contributed by atoms with Gasteiger partial charge in [0.15, 0.2) is 0 Å². The van der Waals surface area contributed by atoms with E-state index in [0.717, 1.165) is 34.6 Å². The number of fused-ring (bicyclic) bond motifs is 3. The predicted octanol–water partition coefficient (Wildman–Crippen LogP) is 4.77. The number of nitriles is 1.